The number of aliphatic carboxylic acids is 2. The molecule has 10 N–H and O–H groups in total. The highest BCUT2D eigenvalue weighted by molar-refractivity contribution is 6.33. The zero-order chi connectivity index (χ0) is 43.5. The first-order chi connectivity index (χ1) is 27.0. The lowest BCUT2D eigenvalue weighted by Crippen LogP contribution is -2.49. The van der Waals surface area contributed by atoms with Crippen molar-refractivity contribution in [2.75, 3.05) is 36.8 Å². The van der Waals surface area contributed by atoms with Gasteiger partial charge in [-0.1, -0.05) is 0 Å². The Morgan fingerprint density at radius 3 is 1.22 bits per heavy atom. The summed E-state index contributed by atoms with van der Waals surface area (Å²) in [4.78, 5) is 101. The average molecular weight is 815 g/mol. The first-order valence-corrected chi connectivity index (χ1v) is 18.3. The second kappa shape index (κ2) is 19.5. The molecule has 2 aromatic carbocycles. The van der Waals surface area contributed by atoms with Gasteiger partial charge in [-0.2, -0.15) is 0 Å². The molecule has 316 valence electrons. The van der Waals surface area contributed by atoms with Crippen LogP contribution in [0.4, 0.5) is 21.0 Å². The quantitative estimate of drug-likeness (QED) is 0.0651. The summed E-state index contributed by atoms with van der Waals surface area (Å²) in [5.41, 5.74) is -2.77. The molecular weight excluding hydrogens is 764 g/mol. The molecule has 1 aliphatic rings. The van der Waals surface area contributed by atoms with Crippen LogP contribution < -0.4 is 31.9 Å². The maximum atomic E-state index is 13.9. The third-order valence-electron chi connectivity index (χ3n) is 8.06. The Bertz CT molecular complexity index is 1800. The average Bonchev–Trinajstić information content (AvgIpc) is 3.10. The molecule has 3 rings (SSSR count). The number of carbonyl (C=O) groups is 8. The molecule has 4 amide bonds. The first-order valence-electron chi connectivity index (χ1n) is 18.3. The van der Waals surface area contributed by atoms with Gasteiger partial charge >= 0.3 is 24.1 Å². The number of carbonyl (C=O) groups excluding carboxylic acids is 6. The van der Waals surface area contributed by atoms with Gasteiger partial charge in [0.05, 0.1) is 22.3 Å². The number of ether oxygens (including phenoxy) is 2. The molecule has 0 aliphatic heterocycles. The minimum absolute atomic E-state index is 0.0458. The Balaban J connectivity index is 1.79. The Labute approximate surface area is 333 Å². The van der Waals surface area contributed by atoms with E-state index in [0.29, 0.717) is 0 Å². The molecule has 0 bridgehead atoms. The molecule has 20 nitrogen and oxygen atoms in total. The van der Waals surface area contributed by atoms with Gasteiger partial charge in [-0.25, -0.2) is 9.59 Å². The van der Waals surface area contributed by atoms with Crippen LogP contribution in [-0.4, -0.2) is 117 Å². The number of hydrogen-bond donors (Lipinski definition) is 10. The zero-order valence-electron chi connectivity index (χ0n) is 33.0. The van der Waals surface area contributed by atoms with Crippen LogP contribution in [0.2, 0.25) is 0 Å². The number of carboxylic acid groups (broad SMARTS) is 2. The number of rotatable bonds is 18. The standard InChI is InChI=1S/C38H50N6O14/c1-37(2,3)57-35(55)43-21(9-13-25(47)48)33(53)41-17-15-39-19-7-8-20(28-27(19)31(51)29-23(45)11-12-24(46)30(29)32(28)52)40-16-18-42-34(54)22(10-14-26(49)50)44-36(56)58-38(4,5)6/h7-8,11-12,21-22,39-40,45-46H,9-10,13-18H2,1-6H3,(H,41,53)(H,42,54)(H,43,55)(H,44,56)(H,47,48)(H,49,50)/t21-,22-/m0/s1. The highest BCUT2D eigenvalue weighted by atomic mass is 16.6. The van der Waals surface area contributed by atoms with Crippen molar-refractivity contribution in [2.45, 2.75) is 90.5 Å². The largest absolute Gasteiger partial charge is 0.507 e. The van der Waals surface area contributed by atoms with Crippen molar-refractivity contribution >= 4 is 58.9 Å². The molecule has 0 heterocycles. The number of ketones is 2. The minimum atomic E-state index is -1.25. The van der Waals surface area contributed by atoms with Crippen molar-refractivity contribution in [1.29, 1.82) is 0 Å². The van der Waals surface area contributed by atoms with E-state index in [4.69, 9.17) is 19.7 Å². The lowest BCUT2D eigenvalue weighted by Gasteiger charge is -2.25. The van der Waals surface area contributed by atoms with Crippen molar-refractivity contribution in [1.82, 2.24) is 21.3 Å². The van der Waals surface area contributed by atoms with E-state index in [1.807, 2.05) is 0 Å². The third kappa shape index (κ3) is 13.3. The summed E-state index contributed by atoms with van der Waals surface area (Å²) in [6, 6.07) is 2.51. The summed E-state index contributed by atoms with van der Waals surface area (Å²) >= 11 is 0. The number of phenols is 2. The summed E-state index contributed by atoms with van der Waals surface area (Å²) in [6.07, 6.45) is -3.17. The van der Waals surface area contributed by atoms with Crippen LogP contribution in [-0.2, 0) is 28.7 Å². The predicted octanol–water partition coefficient (Wildman–Crippen LogP) is 2.45. The Hall–Kier alpha value is -6.60. The number of benzene rings is 2. The van der Waals surface area contributed by atoms with E-state index >= 15 is 0 Å². The van der Waals surface area contributed by atoms with Crippen LogP contribution in [0.3, 0.4) is 0 Å². The molecule has 1 aliphatic carbocycles. The fourth-order valence-corrected chi connectivity index (χ4v) is 5.64. The van der Waals surface area contributed by atoms with Crippen molar-refractivity contribution in [3.63, 3.8) is 0 Å². The first kappa shape index (κ1) is 45.8. The molecule has 20 heteroatoms. The second-order valence-corrected chi connectivity index (χ2v) is 15.1. The van der Waals surface area contributed by atoms with Crippen LogP contribution >= 0.6 is 0 Å². The smallest absolute Gasteiger partial charge is 0.408 e. The molecule has 58 heavy (non-hydrogen) atoms. The van der Waals surface area contributed by atoms with Crippen LogP contribution in [0, 0.1) is 0 Å². The monoisotopic (exact) mass is 814 g/mol. The predicted molar refractivity (Wildman–Crippen MR) is 206 cm³/mol. The molecule has 0 unspecified atom stereocenters. The fraction of sp³-hybridized carbons (Fsp3) is 0.474. The highest BCUT2D eigenvalue weighted by Gasteiger charge is 2.38. The van der Waals surface area contributed by atoms with Crippen LogP contribution in [0.1, 0.15) is 99.1 Å². The van der Waals surface area contributed by atoms with Crippen molar-refractivity contribution in [3.8, 4) is 11.5 Å². The third-order valence-corrected chi connectivity index (χ3v) is 8.06. The summed E-state index contributed by atoms with van der Waals surface area (Å²) in [5.74, 6) is -6.54. The van der Waals surface area contributed by atoms with Crippen LogP contribution in [0.5, 0.6) is 11.5 Å². The molecule has 2 atom stereocenters. The summed E-state index contributed by atoms with van der Waals surface area (Å²) < 4.78 is 10.4. The van der Waals surface area contributed by atoms with E-state index < -0.39 is 106 Å². The van der Waals surface area contributed by atoms with E-state index in [2.05, 4.69) is 31.9 Å². The highest BCUT2D eigenvalue weighted by Crippen LogP contribution is 2.42. The maximum Gasteiger partial charge on any atom is 0.408 e. The number of carboxylic acids is 2. The Morgan fingerprint density at radius 1 is 0.569 bits per heavy atom. The molecule has 2 aromatic rings. The number of fused-ring (bicyclic) bond motifs is 2. The van der Waals surface area contributed by atoms with Gasteiger partial charge < -0.3 is 61.8 Å². The SMILES string of the molecule is CC(C)(C)OC(=O)N[C@@H](CCC(=O)O)C(=O)NCCNc1ccc(NCCNC(=O)[C@H](CCC(=O)O)NC(=O)OC(C)(C)C)c2c1C(=O)c1c(O)ccc(O)c1C2=O. The molecule has 0 fully saturated rings. The lowest BCUT2D eigenvalue weighted by molar-refractivity contribution is -0.138. The van der Waals surface area contributed by atoms with Gasteiger partial charge in [-0.05, 0) is 78.6 Å². The van der Waals surface area contributed by atoms with E-state index in [1.54, 1.807) is 41.5 Å². The van der Waals surface area contributed by atoms with Crippen molar-refractivity contribution in [3.05, 3.63) is 46.5 Å². The molecule has 0 saturated heterocycles. The van der Waals surface area contributed by atoms with E-state index in [0.717, 1.165) is 12.1 Å². The van der Waals surface area contributed by atoms with Crippen molar-refractivity contribution < 1.29 is 68.3 Å². The van der Waals surface area contributed by atoms with Crippen LogP contribution in [0.15, 0.2) is 24.3 Å². The van der Waals surface area contributed by atoms with Gasteiger partial charge in [0.15, 0.2) is 0 Å². The second-order valence-electron chi connectivity index (χ2n) is 15.1. The summed E-state index contributed by atoms with van der Waals surface area (Å²) in [5, 5.41) is 55.2. The zero-order valence-corrected chi connectivity index (χ0v) is 33.0. The minimum Gasteiger partial charge on any atom is -0.507 e. The number of aromatic hydroxyl groups is 2. The molecule has 0 radical (unpaired) electrons. The maximum absolute atomic E-state index is 13.9. The number of amides is 4. The lowest BCUT2D eigenvalue weighted by atomic mass is 9.81. The number of hydrogen-bond acceptors (Lipinski definition) is 14. The fourth-order valence-electron chi connectivity index (χ4n) is 5.64. The van der Waals surface area contributed by atoms with Crippen LogP contribution in [0.25, 0.3) is 0 Å². The molecular formula is C38H50N6O14. The van der Waals surface area contributed by atoms with E-state index in [-0.39, 0.29) is 61.5 Å². The molecule has 0 aromatic heterocycles. The van der Waals surface area contributed by atoms with E-state index in [9.17, 15) is 48.6 Å². The Morgan fingerprint density at radius 2 is 0.914 bits per heavy atom. The number of anilines is 2. The number of nitrogens with one attached hydrogen (secondary N) is 6. The van der Waals surface area contributed by atoms with Gasteiger partial charge in [0, 0.05) is 50.4 Å². The summed E-state index contributed by atoms with van der Waals surface area (Å²) in [7, 11) is 0. The van der Waals surface area contributed by atoms with E-state index in [1.165, 1.54) is 12.1 Å². The van der Waals surface area contributed by atoms with Gasteiger partial charge in [-0.3, -0.25) is 28.8 Å². The number of phenolic OH excluding ortho intramolecular Hbond substituents is 2. The van der Waals surface area contributed by atoms with Gasteiger partial charge in [0.1, 0.15) is 34.8 Å². The van der Waals surface area contributed by atoms with Crippen molar-refractivity contribution in [2.24, 2.45) is 0 Å². The van der Waals surface area contributed by atoms with Gasteiger partial charge in [-0.15, -0.1) is 0 Å². The summed E-state index contributed by atoms with van der Waals surface area (Å²) in [6.45, 7) is 9.40. The molecule has 0 saturated carbocycles. The normalized spacial score (nSPS) is 13.1. The van der Waals surface area contributed by atoms with Gasteiger partial charge in [0.25, 0.3) is 0 Å². The number of alkyl carbamates (subject to hydrolysis) is 2. The Kier molecular flexibility index (Phi) is 15.4. The topological polar surface area (TPSA) is 308 Å². The van der Waals surface area contributed by atoms with Gasteiger partial charge in [0.2, 0.25) is 23.4 Å². The molecule has 0 spiro atoms.